The van der Waals surface area contributed by atoms with E-state index in [2.05, 4.69) is 36.6 Å². The molecule has 0 saturated carbocycles. The van der Waals surface area contributed by atoms with Gasteiger partial charge in [0, 0.05) is 62.4 Å². The van der Waals surface area contributed by atoms with Crippen LogP contribution in [0.4, 0.5) is 0 Å². The number of carbonyl (C=O) groups is 7. The fraction of sp³-hybridized carbons (Fsp3) is 0.463. The maximum absolute atomic E-state index is 14.3. The van der Waals surface area contributed by atoms with E-state index < -0.39 is 59.7 Å². The van der Waals surface area contributed by atoms with Gasteiger partial charge in [-0.2, -0.15) is 0 Å². The maximum Gasteiger partial charge on any atom is 0.243 e. The van der Waals surface area contributed by atoms with Crippen molar-refractivity contribution >= 4 is 58.2 Å². The number of nitrogens with zero attached hydrogens (tertiary/aromatic N) is 2. The largest absolute Gasteiger partial charge is 0.370 e. The van der Waals surface area contributed by atoms with E-state index in [1.165, 1.54) is 4.90 Å². The lowest BCUT2D eigenvalue weighted by Gasteiger charge is -2.28. The molecule has 0 spiro atoms. The Morgan fingerprint density at radius 2 is 1.41 bits per heavy atom. The van der Waals surface area contributed by atoms with Crippen molar-refractivity contribution in [3.63, 3.8) is 0 Å². The van der Waals surface area contributed by atoms with E-state index >= 15 is 0 Å². The Labute approximate surface area is 342 Å². The number of guanidine groups is 1. The summed E-state index contributed by atoms with van der Waals surface area (Å²) in [6, 6.07) is 10.9. The summed E-state index contributed by atoms with van der Waals surface area (Å²) in [5.74, 6) is -4.23. The highest BCUT2D eigenvalue weighted by molar-refractivity contribution is 5.97. The summed E-state index contributed by atoms with van der Waals surface area (Å²) in [6.45, 7) is 0.715. The summed E-state index contributed by atoms with van der Waals surface area (Å²) in [5.41, 5.74) is 19.0. The third kappa shape index (κ3) is 12.8. The average molecular weight is 814 g/mol. The van der Waals surface area contributed by atoms with Crippen LogP contribution in [0.5, 0.6) is 0 Å². The Balaban J connectivity index is 1.48. The molecule has 2 aromatic carbocycles. The molecule has 18 nitrogen and oxygen atoms in total. The van der Waals surface area contributed by atoms with Gasteiger partial charge in [0.05, 0.1) is 0 Å². The van der Waals surface area contributed by atoms with E-state index in [1.807, 2.05) is 30.3 Å². The number of benzene rings is 2. The summed E-state index contributed by atoms with van der Waals surface area (Å²) in [5, 5.41) is 14.7. The number of aromatic nitrogens is 1. The fourth-order valence-corrected chi connectivity index (χ4v) is 7.42. The molecule has 1 aromatic heterocycles. The summed E-state index contributed by atoms with van der Waals surface area (Å²) < 4.78 is 0. The molecule has 2 saturated heterocycles. The number of carbonyl (C=O) groups excluding carboxylic acids is 7. The van der Waals surface area contributed by atoms with Crippen molar-refractivity contribution in [1.82, 2.24) is 36.5 Å². The van der Waals surface area contributed by atoms with E-state index in [4.69, 9.17) is 17.2 Å². The van der Waals surface area contributed by atoms with Gasteiger partial charge in [0.25, 0.3) is 0 Å². The Kier molecular flexibility index (Phi) is 15.8. The van der Waals surface area contributed by atoms with E-state index in [0.29, 0.717) is 37.8 Å². The van der Waals surface area contributed by atoms with Crippen molar-refractivity contribution in [2.75, 3.05) is 19.6 Å². The molecule has 316 valence electrons. The first-order valence-electron chi connectivity index (χ1n) is 20.1. The SMILES string of the molecule is NC(=O)[C@@H]1CCCCNC(=O)CCC(=O)N2CCC[C@@H]2C(=O)N[C@@H](Cc2ccccc2)C(=O)N[C@H](CCCN=C(N)N)C(=O)N[C@@H](Cc2c[nH]c3ccccc23)C(=O)N1. The Hall–Kier alpha value is -6.46. The summed E-state index contributed by atoms with van der Waals surface area (Å²) in [7, 11) is 0. The second-order valence-electron chi connectivity index (χ2n) is 14.9. The van der Waals surface area contributed by atoms with E-state index in [9.17, 15) is 33.6 Å². The highest BCUT2D eigenvalue weighted by Crippen LogP contribution is 2.21. The number of nitrogens with one attached hydrogen (secondary N) is 6. The Morgan fingerprint density at radius 3 is 2.17 bits per heavy atom. The van der Waals surface area contributed by atoms with Gasteiger partial charge in [-0.1, -0.05) is 48.5 Å². The minimum absolute atomic E-state index is 0.0110. The topological polar surface area (TPSA) is 289 Å². The highest BCUT2D eigenvalue weighted by atomic mass is 16.2. The van der Waals surface area contributed by atoms with Crippen molar-refractivity contribution in [2.24, 2.45) is 22.2 Å². The molecule has 3 heterocycles. The number of amides is 7. The highest BCUT2D eigenvalue weighted by Gasteiger charge is 2.37. The molecule has 3 aromatic rings. The number of rotatable bonds is 9. The maximum atomic E-state index is 14.3. The summed E-state index contributed by atoms with van der Waals surface area (Å²) in [4.78, 5) is 104. The smallest absolute Gasteiger partial charge is 0.243 e. The van der Waals surface area contributed by atoms with Crippen LogP contribution in [0.2, 0.25) is 0 Å². The zero-order valence-corrected chi connectivity index (χ0v) is 33.0. The molecular weight excluding hydrogens is 759 g/mol. The Bertz CT molecular complexity index is 2000. The first-order chi connectivity index (χ1) is 28.4. The number of H-pyrrole nitrogens is 1. The number of hydrogen-bond donors (Lipinski definition) is 9. The first-order valence-corrected chi connectivity index (χ1v) is 20.1. The predicted octanol–water partition coefficient (Wildman–Crippen LogP) is -0.497. The molecule has 5 atom stereocenters. The molecule has 2 aliphatic rings. The van der Waals surface area contributed by atoms with Gasteiger partial charge in [-0.15, -0.1) is 0 Å². The van der Waals surface area contributed by atoms with Crippen LogP contribution in [0.25, 0.3) is 10.9 Å². The van der Waals surface area contributed by atoms with Gasteiger partial charge in [-0.25, -0.2) is 0 Å². The van der Waals surface area contributed by atoms with E-state index in [0.717, 1.165) is 16.5 Å². The van der Waals surface area contributed by atoms with Gasteiger partial charge in [0.2, 0.25) is 41.4 Å². The van der Waals surface area contributed by atoms with E-state index in [-0.39, 0.29) is 75.8 Å². The number of nitrogens with two attached hydrogens (primary N) is 3. The van der Waals surface area contributed by atoms with Crippen LogP contribution in [-0.2, 0) is 46.4 Å². The van der Waals surface area contributed by atoms with Gasteiger partial charge in [0.15, 0.2) is 5.96 Å². The summed E-state index contributed by atoms with van der Waals surface area (Å²) >= 11 is 0. The van der Waals surface area contributed by atoms with Gasteiger partial charge < -0.3 is 53.7 Å². The zero-order chi connectivity index (χ0) is 42.3. The quantitative estimate of drug-likeness (QED) is 0.0764. The van der Waals surface area contributed by atoms with Crippen molar-refractivity contribution < 1.29 is 33.6 Å². The number of para-hydroxylation sites is 1. The number of hydrogen-bond acceptors (Lipinski definition) is 8. The number of aromatic amines is 1. The number of aliphatic imine (C=N–C) groups is 1. The van der Waals surface area contributed by atoms with Crippen LogP contribution in [0.15, 0.2) is 65.8 Å². The van der Waals surface area contributed by atoms with Crippen LogP contribution < -0.4 is 43.8 Å². The number of primary amides is 1. The second kappa shape index (κ2) is 21.3. The third-order valence-electron chi connectivity index (χ3n) is 10.6. The molecule has 0 aliphatic carbocycles. The Morgan fingerprint density at radius 1 is 0.729 bits per heavy atom. The van der Waals surface area contributed by atoms with E-state index in [1.54, 1.807) is 30.5 Å². The fourth-order valence-electron chi connectivity index (χ4n) is 7.42. The second-order valence-corrected chi connectivity index (χ2v) is 14.9. The monoisotopic (exact) mass is 813 g/mol. The van der Waals surface area contributed by atoms with Crippen molar-refractivity contribution in [2.45, 2.75) is 101 Å². The summed E-state index contributed by atoms with van der Waals surface area (Å²) in [6.07, 6.45) is 3.84. The molecule has 5 rings (SSSR count). The molecule has 59 heavy (non-hydrogen) atoms. The average Bonchev–Trinajstić information content (AvgIpc) is 3.88. The molecular formula is C41H55N11O7. The predicted molar refractivity (Wildman–Crippen MR) is 220 cm³/mol. The number of fused-ring (bicyclic) bond motifs is 2. The van der Waals surface area contributed by atoms with Gasteiger partial charge in [-0.3, -0.25) is 38.6 Å². The van der Waals surface area contributed by atoms with Crippen LogP contribution in [-0.4, -0.2) is 107 Å². The molecule has 0 radical (unpaired) electrons. The minimum atomic E-state index is -1.23. The molecule has 2 fully saturated rings. The first kappa shape index (κ1) is 43.7. The van der Waals surface area contributed by atoms with Crippen molar-refractivity contribution in [3.8, 4) is 0 Å². The van der Waals surface area contributed by atoms with Gasteiger partial charge in [0.1, 0.15) is 30.2 Å². The van der Waals surface area contributed by atoms with Crippen LogP contribution in [0.1, 0.15) is 68.9 Å². The van der Waals surface area contributed by atoms with Crippen molar-refractivity contribution in [1.29, 1.82) is 0 Å². The van der Waals surface area contributed by atoms with Crippen LogP contribution in [0, 0.1) is 0 Å². The standard InChI is InChI=1S/C41H55N11O7/c42-36(55)29-14-6-7-19-45-34(53)17-18-35(54)52-21-9-16-33(52)40(59)51-31(22-25-10-2-1-3-11-25)38(57)49-30(15-8-20-46-41(43)44)37(56)50-32(39(58)48-29)23-26-24-47-28-13-5-4-12-27(26)28/h1-5,10-13,24,29-33,47H,6-9,14-23H2,(H2,42,55)(H,45,53)(H,48,58)(H,49,57)(H,50,56)(H,51,59)(H4,43,44,46)/t29-,30+,31-,32-,33+/m0/s1. The van der Waals surface area contributed by atoms with Gasteiger partial charge in [-0.05, 0) is 62.1 Å². The lowest BCUT2D eigenvalue weighted by Crippen LogP contribution is -2.59. The van der Waals surface area contributed by atoms with Crippen LogP contribution >= 0.6 is 0 Å². The minimum Gasteiger partial charge on any atom is -0.370 e. The van der Waals surface area contributed by atoms with Crippen molar-refractivity contribution in [3.05, 3.63) is 71.9 Å². The lowest BCUT2D eigenvalue weighted by molar-refractivity contribution is -0.140. The zero-order valence-electron chi connectivity index (χ0n) is 33.0. The molecule has 12 N–H and O–H groups in total. The lowest BCUT2D eigenvalue weighted by atomic mass is 10.0. The van der Waals surface area contributed by atoms with Gasteiger partial charge >= 0.3 is 0 Å². The molecule has 0 unspecified atom stereocenters. The molecule has 18 heteroatoms. The third-order valence-corrected chi connectivity index (χ3v) is 10.6. The molecule has 2 aliphatic heterocycles. The molecule has 7 amide bonds. The normalized spacial score (nSPS) is 23.3. The van der Waals surface area contributed by atoms with Crippen LogP contribution in [0.3, 0.4) is 0 Å². The molecule has 0 bridgehead atoms.